The van der Waals surface area contributed by atoms with Gasteiger partial charge < -0.3 is 26.2 Å². The van der Waals surface area contributed by atoms with Crippen molar-refractivity contribution in [2.24, 2.45) is 11.7 Å². The van der Waals surface area contributed by atoms with Crippen LogP contribution in [-0.4, -0.2) is 31.9 Å². The van der Waals surface area contributed by atoms with E-state index in [1.807, 2.05) is 6.92 Å². The van der Waals surface area contributed by atoms with Gasteiger partial charge in [-0.3, -0.25) is 4.79 Å². The topological polar surface area (TPSA) is 124 Å². The number of nitrogens with two attached hydrogens (primary N) is 1. The summed E-state index contributed by atoms with van der Waals surface area (Å²) >= 11 is 0. The third-order valence-corrected chi connectivity index (χ3v) is 4.01. The first-order valence-corrected chi connectivity index (χ1v) is 7.43. The van der Waals surface area contributed by atoms with Crippen LogP contribution in [0, 0.1) is 5.92 Å². The Morgan fingerprint density at radius 1 is 1.27 bits per heavy atom. The summed E-state index contributed by atoms with van der Waals surface area (Å²) in [6, 6.07) is 2.38. The Morgan fingerprint density at radius 3 is 2.27 bits per heavy atom. The molecule has 0 amide bonds. The minimum atomic E-state index is -1.25. The quantitative estimate of drug-likeness (QED) is 0.502. The maximum atomic E-state index is 11.1. The van der Waals surface area contributed by atoms with Crippen LogP contribution in [0.15, 0.2) is 12.1 Å². The van der Waals surface area contributed by atoms with Crippen molar-refractivity contribution in [3.8, 4) is 17.2 Å². The average Bonchev–Trinajstić information content (AvgIpc) is 2.39. The molecule has 0 aliphatic heterocycles. The van der Waals surface area contributed by atoms with Crippen molar-refractivity contribution in [2.45, 2.75) is 51.5 Å². The highest BCUT2D eigenvalue weighted by Crippen LogP contribution is 2.33. The van der Waals surface area contributed by atoms with Crippen LogP contribution in [0.4, 0.5) is 0 Å². The minimum absolute atomic E-state index is 0.139. The molecule has 0 bridgehead atoms. The first kappa shape index (κ1) is 18.1. The molecule has 2 atom stereocenters. The Balaban J connectivity index is 2.60. The Bertz CT molecular complexity index is 504. The molecule has 1 rings (SSSR count). The van der Waals surface area contributed by atoms with E-state index in [-0.39, 0.29) is 23.2 Å². The molecule has 0 fully saturated rings. The number of hydrogen-bond acceptors (Lipinski definition) is 5. The van der Waals surface area contributed by atoms with Gasteiger partial charge in [0.05, 0.1) is 0 Å². The van der Waals surface area contributed by atoms with E-state index in [0.29, 0.717) is 24.8 Å². The summed E-state index contributed by atoms with van der Waals surface area (Å²) in [5, 5.41) is 37.8. The number of aliphatic carboxylic acids is 1. The van der Waals surface area contributed by atoms with Crippen LogP contribution in [0.2, 0.25) is 0 Å². The number of benzene rings is 1. The third kappa shape index (κ3) is 4.80. The molecule has 0 aromatic heterocycles. The van der Waals surface area contributed by atoms with Crippen LogP contribution in [0.3, 0.4) is 0 Å². The number of phenols is 3. The minimum Gasteiger partial charge on any atom is -0.508 e. The standard InChI is InChI=1S/C16H25NO5/c1-3-10(9-16(2,17)15(21)22)5-4-6-12-13(19)7-11(18)8-14(12)20/h7-8,10,18-20H,3-6,9,17H2,1-2H3,(H,21,22). The number of carboxylic acids is 1. The summed E-state index contributed by atoms with van der Waals surface area (Å²) < 4.78 is 0. The van der Waals surface area contributed by atoms with Crippen molar-refractivity contribution < 1.29 is 25.2 Å². The summed E-state index contributed by atoms with van der Waals surface area (Å²) in [5.74, 6) is -1.32. The van der Waals surface area contributed by atoms with Gasteiger partial charge in [-0.05, 0) is 32.1 Å². The Morgan fingerprint density at radius 2 is 1.82 bits per heavy atom. The van der Waals surface area contributed by atoms with E-state index in [2.05, 4.69) is 0 Å². The molecule has 1 aromatic rings. The van der Waals surface area contributed by atoms with Gasteiger partial charge in [0.15, 0.2) is 0 Å². The van der Waals surface area contributed by atoms with E-state index in [0.717, 1.165) is 12.8 Å². The first-order valence-electron chi connectivity index (χ1n) is 7.43. The van der Waals surface area contributed by atoms with Crippen molar-refractivity contribution in [1.29, 1.82) is 0 Å². The summed E-state index contributed by atoms with van der Waals surface area (Å²) in [6.07, 6.45) is 3.07. The Hall–Kier alpha value is -1.95. The van der Waals surface area contributed by atoms with Gasteiger partial charge in [0.25, 0.3) is 0 Å². The van der Waals surface area contributed by atoms with Crippen molar-refractivity contribution in [3.05, 3.63) is 17.7 Å². The number of hydrogen-bond donors (Lipinski definition) is 5. The van der Waals surface area contributed by atoms with Crippen molar-refractivity contribution in [3.63, 3.8) is 0 Å². The predicted molar refractivity (Wildman–Crippen MR) is 83.0 cm³/mol. The molecule has 0 aliphatic rings. The average molecular weight is 311 g/mol. The molecular weight excluding hydrogens is 286 g/mol. The summed E-state index contributed by atoms with van der Waals surface area (Å²) in [4.78, 5) is 11.1. The smallest absolute Gasteiger partial charge is 0.323 e. The number of rotatable bonds is 8. The highest BCUT2D eigenvalue weighted by molar-refractivity contribution is 5.77. The normalized spacial score (nSPS) is 15.2. The molecule has 1 aromatic carbocycles. The molecule has 6 nitrogen and oxygen atoms in total. The molecule has 0 saturated carbocycles. The lowest BCUT2D eigenvalue weighted by Gasteiger charge is -2.25. The summed E-state index contributed by atoms with van der Waals surface area (Å²) in [5.41, 5.74) is 4.92. The Labute approximate surface area is 130 Å². The molecule has 0 heterocycles. The fourth-order valence-electron chi connectivity index (χ4n) is 2.59. The highest BCUT2D eigenvalue weighted by atomic mass is 16.4. The van der Waals surface area contributed by atoms with Crippen molar-refractivity contribution in [1.82, 2.24) is 0 Å². The van der Waals surface area contributed by atoms with Crippen molar-refractivity contribution in [2.75, 3.05) is 0 Å². The molecule has 6 N–H and O–H groups in total. The second-order valence-electron chi connectivity index (χ2n) is 6.06. The van der Waals surface area contributed by atoms with Crippen LogP contribution < -0.4 is 5.73 Å². The molecule has 0 radical (unpaired) electrons. The number of phenolic OH excluding ortho intramolecular Hbond substituents is 3. The third-order valence-electron chi connectivity index (χ3n) is 4.01. The van der Waals surface area contributed by atoms with E-state index in [9.17, 15) is 20.1 Å². The number of aromatic hydroxyl groups is 3. The van der Waals surface area contributed by atoms with E-state index < -0.39 is 11.5 Å². The highest BCUT2D eigenvalue weighted by Gasteiger charge is 2.30. The number of carbonyl (C=O) groups is 1. The van der Waals surface area contributed by atoms with Gasteiger partial charge in [0.1, 0.15) is 22.8 Å². The van der Waals surface area contributed by atoms with Crippen LogP contribution in [-0.2, 0) is 11.2 Å². The molecular formula is C16H25NO5. The van der Waals surface area contributed by atoms with Gasteiger partial charge >= 0.3 is 5.97 Å². The second kappa shape index (κ2) is 7.35. The van der Waals surface area contributed by atoms with Gasteiger partial charge in [-0.2, -0.15) is 0 Å². The first-order chi connectivity index (χ1) is 10.2. The number of carboxylic acid groups (broad SMARTS) is 1. The molecule has 124 valence electrons. The predicted octanol–water partition coefficient (Wildman–Crippen LogP) is 2.34. The maximum absolute atomic E-state index is 11.1. The largest absolute Gasteiger partial charge is 0.508 e. The molecule has 6 heteroatoms. The van der Waals surface area contributed by atoms with Gasteiger partial charge in [0.2, 0.25) is 0 Å². The molecule has 0 saturated heterocycles. The summed E-state index contributed by atoms with van der Waals surface area (Å²) in [7, 11) is 0. The van der Waals surface area contributed by atoms with E-state index >= 15 is 0 Å². The van der Waals surface area contributed by atoms with E-state index in [4.69, 9.17) is 10.8 Å². The van der Waals surface area contributed by atoms with E-state index in [1.54, 1.807) is 0 Å². The lowest BCUT2D eigenvalue weighted by Crippen LogP contribution is -2.46. The molecule has 22 heavy (non-hydrogen) atoms. The van der Waals surface area contributed by atoms with Crippen LogP contribution in [0.5, 0.6) is 17.2 Å². The second-order valence-corrected chi connectivity index (χ2v) is 6.06. The fourth-order valence-corrected chi connectivity index (χ4v) is 2.59. The molecule has 2 unspecified atom stereocenters. The summed E-state index contributed by atoms with van der Waals surface area (Å²) in [6.45, 7) is 3.49. The lowest BCUT2D eigenvalue weighted by molar-refractivity contribution is -0.143. The van der Waals surface area contributed by atoms with Crippen LogP contribution in [0.1, 0.15) is 45.1 Å². The Kier molecular flexibility index (Phi) is 6.05. The molecule has 0 spiro atoms. The zero-order valence-corrected chi connectivity index (χ0v) is 13.0. The van der Waals surface area contributed by atoms with Crippen molar-refractivity contribution >= 4 is 5.97 Å². The molecule has 0 aliphatic carbocycles. The van der Waals surface area contributed by atoms with Crippen LogP contribution >= 0.6 is 0 Å². The van der Waals surface area contributed by atoms with Gasteiger partial charge in [-0.15, -0.1) is 0 Å². The zero-order valence-electron chi connectivity index (χ0n) is 13.0. The SMILES string of the molecule is CCC(CCCc1c(O)cc(O)cc1O)CC(C)(N)C(=O)O. The maximum Gasteiger partial charge on any atom is 0.323 e. The lowest BCUT2D eigenvalue weighted by atomic mass is 9.85. The van der Waals surface area contributed by atoms with Crippen LogP contribution in [0.25, 0.3) is 0 Å². The van der Waals surface area contributed by atoms with Gasteiger partial charge in [-0.25, -0.2) is 0 Å². The monoisotopic (exact) mass is 311 g/mol. The van der Waals surface area contributed by atoms with Gasteiger partial charge in [0, 0.05) is 17.7 Å². The van der Waals surface area contributed by atoms with E-state index in [1.165, 1.54) is 19.1 Å². The fraction of sp³-hybridized carbons (Fsp3) is 0.562. The van der Waals surface area contributed by atoms with Gasteiger partial charge in [-0.1, -0.05) is 19.8 Å². The zero-order chi connectivity index (χ0) is 16.9.